The molecule has 0 radical (unpaired) electrons. The minimum absolute atomic E-state index is 0.0499. The first-order chi connectivity index (χ1) is 7.13. The number of ether oxygens (including phenoxy) is 1. The Bertz CT molecular complexity index is 234. The Hall–Kier alpha value is -0.900. The first-order valence-electron chi connectivity index (χ1n) is 5.57. The van der Waals surface area contributed by atoms with Gasteiger partial charge in [0.05, 0.1) is 18.6 Å². The molecule has 1 aliphatic heterocycles. The van der Waals surface area contributed by atoms with E-state index in [4.69, 9.17) is 4.74 Å². The van der Waals surface area contributed by atoms with Gasteiger partial charge in [0.25, 0.3) is 0 Å². The van der Waals surface area contributed by atoms with Crippen molar-refractivity contribution in [3.63, 3.8) is 0 Å². The molecule has 86 valence electrons. The van der Waals surface area contributed by atoms with Crippen LogP contribution in [0, 0.1) is 0 Å². The molecular weight excluding hydrogens is 194 g/mol. The maximum Gasteiger partial charge on any atom is 0.223 e. The van der Waals surface area contributed by atoms with Gasteiger partial charge in [0, 0.05) is 13.0 Å². The van der Waals surface area contributed by atoms with Crippen molar-refractivity contribution < 1.29 is 14.3 Å². The van der Waals surface area contributed by atoms with E-state index in [-0.39, 0.29) is 23.8 Å². The molecule has 1 aliphatic rings. The lowest BCUT2D eigenvalue weighted by molar-refractivity contribution is -0.128. The average Bonchev–Trinajstić information content (AvgIpc) is 2.68. The van der Waals surface area contributed by atoms with Crippen LogP contribution in [0.5, 0.6) is 0 Å². The number of Topliss-reactive ketones (excluding diaryl/α,β-unsaturated/α-hetero) is 1. The number of carbonyl (C=O) groups is 2. The fraction of sp³-hybridized carbons (Fsp3) is 0.818. The highest BCUT2D eigenvalue weighted by Crippen LogP contribution is 2.14. The van der Waals surface area contributed by atoms with Crippen molar-refractivity contribution in [3.05, 3.63) is 0 Å². The molecule has 1 N–H and O–H groups in total. The van der Waals surface area contributed by atoms with Crippen LogP contribution in [-0.2, 0) is 14.3 Å². The van der Waals surface area contributed by atoms with E-state index in [0.29, 0.717) is 12.8 Å². The van der Waals surface area contributed by atoms with Crippen molar-refractivity contribution in [2.24, 2.45) is 0 Å². The molecule has 0 aromatic heterocycles. The van der Waals surface area contributed by atoms with Gasteiger partial charge in [-0.2, -0.15) is 0 Å². The Morgan fingerprint density at radius 3 is 2.80 bits per heavy atom. The SMILES string of the molecule is CCC(=O)C(C)NC(=O)CC1CCCO1. The van der Waals surface area contributed by atoms with E-state index in [0.717, 1.165) is 19.4 Å². The minimum atomic E-state index is -0.371. The summed E-state index contributed by atoms with van der Waals surface area (Å²) < 4.78 is 5.35. The molecule has 0 aliphatic carbocycles. The molecule has 0 aromatic rings. The van der Waals surface area contributed by atoms with Crippen LogP contribution in [-0.4, -0.2) is 30.4 Å². The fourth-order valence-electron chi connectivity index (χ4n) is 1.70. The average molecular weight is 213 g/mol. The van der Waals surface area contributed by atoms with E-state index < -0.39 is 0 Å². The van der Waals surface area contributed by atoms with Gasteiger partial charge in [-0.05, 0) is 19.8 Å². The summed E-state index contributed by atoms with van der Waals surface area (Å²) in [6.07, 6.45) is 2.86. The molecule has 0 bridgehead atoms. The zero-order valence-corrected chi connectivity index (χ0v) is 9.41. The molecule has 1 amide bonds. The number of nitrogens with one attached hydrogen (secondary N) is 1. The summed E-state index contributed by atoms with van der Waals surface area (Å²) in [4.78, 5) is 22.7. The lowest BCUT2D eigenvalue weighted by Crippen LogP contribution is -2.39. The summed E-state index contributed by atoms with van der Waals surface area (Å²) in [6.45, 7) is 4.27. The molecule has 0 saturated carbocycles. The first-order valence-corrected chi connectivity index (χ1v) is 5.57. The van der Waals surface area contributed by atoms with Gasteiger partial charge in [-0.1, -0.05) is 6.92 Å². The van der Waals surface area contributed by atoms with Gasteiger partial charge >= 0.3 is 0 Å². The molecule has 0 aromatic carbocycles. The highest BCUT2D eigenvalue weighted by molar-refractivity contribution is 5.88. The number of amides is 1. The van der Waals surface area contributed by atoms with Gasteiger partial charge in [0.2, 0.25) is 5.91 Å². The number of rotatable bonds is 5. The predicted octanol–water partition coefficient (Wildman–Crippen LogP) is 1.04. The van der Waals surface area contributed by atoms with Crippen LogP contribution in [0.3, 0.4) is 0 Å². The van der Waals surface area contributed by atoms with Crippen LogP contribution in [0.25, 0.3) is 0 Å². The lowest BCUT2D eigenvalue weighted by atomic mass is 10.1. The standard InChI is InChI=1S/C11H19NO3/c1-3-10(13)8(2)12-11(14)7-9-5-4-6-15-9/h8-9H,3-7H2,1-2H3,(H,12,14). The third-order valence-electron chi connectivity index (χ3n) is 2.65. The van der Waals surface area contributed by atoms with E-state index in [9.17, 15) is 9.59 Å². The van der Waals surface area contributed by atoms with Crippen LogP contribution < -0.4 is 5.32 Å². The quantitative estimate of drug-likeness (QED) is 0.742. The topological polar surface area (TPSA) is 55.4 Å². The summed E-state index contributed by atoms with van der Waals surface area (Å²) in [7, 11) is 0. The van der Waals surface area contributed by atoms with Gasteiger partial charge in [-0.25, -0.2) is 0 Å². The second kappa shape index (κ2) is 5.85. The Labute approximate surface area is 90.4 Å². The number of hydrogen-bond donors (Lipinski definition) is 1. The molecule has 2 atom stereocenters. The number of carbonyl (C=O) groups excluding carboxylic acids is 2. The smallest absolute Gasteiger partial charge is 0.223 e. The summed E-state index contributed by atoms with van der Waals surface area (Å²) in [6, 6.07) is -0.371. The highest BCUT2D eigenvalue weighted by atomic mass is 16.5. The van der Waals surface area contributed by atoms with Crippen LogP contribution in [0.1, 0.15) is 39.5 Å². The maximum absolute atomic E-state index is 11.5. The van der Waals surface area contributed by atoms with Crippen LogP contribution >= 0.6 is 0 Å². The Morgan fingerprint density at radius 2 is 2.27 bits per heavy atom. The molecule has 0 spiro atoms. The van der Waals surface area contributed by atoms with Gasteiger partial charge in [-0.3, -0.25) is 9.59 Å². The molecule has 2 unspecified atom stereocenters. The zero-order chi connectivity index (χ0) is 11.3. The predicted molar refractivity (Wildman–Crippen MR) is 56.5 cm³/mol. The number of ketones is 1. The largest absolute Gasteiger partial charge is 0.378 e. The van der Waals surface area contributed by atoms with Gasteiger partial charge in [-0.15, -0.1) is 0 Å². The zero-order valence-electron chi connectivity index (χ0n) is 9.41. The maximum atomic E-state index is 11.5. The molecule has 1 saturated heterocycles. The summed E-state index contributed by atoms with van der Waals surface area (Å²) in [5.74, 6) is -0.0214. The van der Waals surface area contributed by atoms with E-state index in [1.165, 1.54) is 0 Å². The van der Waals surface area contributed by atoms with Crippen molar-refractivity contribution in [3.8, 4) is 0 Å². The van der Waals surface area contributed by atoms with Crippen LogP contribution in [0.2, 0.25) is 0 Å². The highest BCUT2D eigenvalue weighted by Gasteiger charge is 2.21. The van der Waals surface area contributed by atoms with Gasteiger partial charge in [0.1, 0.15) is 0 Å². The van der Waals surface area contributed by atoms with Crippen molar-refractivity contribution in [2.75, 3.05) is 6.61 Å². The molecule has 15 heavy (non-hydrogen) atoms. The van der Waals surface area contributed by atoms with E-state index in [1.807, 2.05) is 0 Å². The molecule has 1 fully saturated rings. The summed E-state index contributed by atoms with van der Waals surface area (Å²) >= 11 is 0. The molecule has 4 heteroatoms. The summed E-state index contributed by atoms with van der Waals surface area (Å²) in [5, 5.41) is 2.69. The summed E-state index contributed by atoms with van der Waals surface area (Å²) in [5.41, 5.74) is 0. The van der Waals surface area contributed by atoms with Crippen molar-refractivity contribution >= 4 is 11.7 Å². The van der Waals surface area contributed by atoms with Crippen LogP contribution in [0.4, 0.5) is 0 Å². The molecular formula is C11H19NO3. The van der Waals surface area contributed by atoms with E-state index in [1.54, 1.807) is 13.8 Å². The molecule has 1 rings (SSSR count). The monoisotopic (exact) mass is 213 g/mol. The van der Waals surface area contributed by atoms with Crippen molar-refractivity contribution in [1.29, 1.82) is 0 Å². The third-order valence-corrected chi connectivity index (χ3v) is 2.65. The minimum Gasteiger partial charge on any atom is -0.378 e. The second-order valence-electron chi connectivity index (χ2n) is 3.95. The molecule has 4 nitrogen and oxygen atoms in total. The van der Waals surface area contributed by atoms with Gasteiger partial charge in [0.15, 0.2) is 5.78 Å². The lowest BCUT2D eigenvalue weighted by Gasteiger charge is -2.14. The Morgan fingerprint density at radius 1 is 1.53 bits per heavy atom. The number of hydrogen-bond acceptors (Lipinski definition) is 3. The Kier molecular flexibility index (Phi) is 4.75. The Balaban J connectivity index is 2.25. The van der Waals surface area contributed by atoms with Crippen molar-refractivity contribution in [2.45, 2.75) is 51.7 Å². The molecule has 1 heterocycles. The third kappa shape index (κ3) is 4.00. The second-order valence-corrected chi connectivity index (χ2v) is 3.95. The normalized spacial score (nSPS) is 22.4. The first kappa shape index (κ1) is 12.2. The van der Waals surface area contributed by atoms with Crippen LogP contribution in [0.15, 0.2) is 0 Å². The van der Waals surface area contributed by atoms with Crippen molar-refractivity contribution in [1.82, 2.24) is 5.32 Å². The fourth-order valence-corrected chi connectivity index (χ4v) is 1.70. The van der Waals surface area contributed by atoms with E-state index >= 15 is 0 Å². The van der Waals surface area contributed by atoms with Gasteiger partial charge < -0.3 is 10.1 Å². The van der Waals surface area contributed by atoms with E-state index in [2.05, 4.69) is 5.32 Å².